The molecule has 2 heterocycles. The van der Waals surface area contributed by atoms with Gasteiger partial charge in [0.25, 0.3) is 5.91 Å². The lowest BCUT2D eigenvalue weighted by molar-refractivity contribution is 0.0630. The highest BCUT2D eigenvalue weighted by Crippen LogP contribution is 2.22. The molecule has 0 aliphatic carbocycles. The number of anilines is 2. The molecule has 1 amide bonds. The van der Waals surface area contributed by atoms with Gasteiger partial charge in [-0.25, -0.2) is 9.97 Å². The summed E-state index contributed by atoms with van der Waals surface area (Å²) in [5, 5.41) is 3.90. The third-order valence-corrected chi connectivity index (χ3v) is 5.96. The van der Waals surface area contributed by atoms with Crippen LogP contribution in [0.25, 0.3) is 11.3 Å². The summed E-state index contributed by atoms with van der Waals surface area (Å²) in [4.78, 5) is 28.3. The minimum Gasteiger partial charge on any atom is -0.336 e. The normalized spacial score (nSPS) is 14.5. The minimum absolute atomic E-state index is 0.0785. The van der Waals surface area contributed by atoms with Gasteiger partial charge >= 0.3 is 0 Å². The number of carbonyl (C=O) groups excluding carboxylic acids is 1. The molecule has 0 bridgehead atoms. The molecule has 3 aromatic rings. The Morgan fingerprint density at radius 3 is 2.36 bits per heavy atom. The van der Waals surface area contributed by atoms with Crippen molar-refractivity contribution >= 4 is 29.1 Å². The second kappa shape index (κ2) is 10.7. The first-order valence-electron chi connectivity index (χ1n) is 11.1. The van der Waals surface area contributed by atoms with Gasteiger partial charge in [0, 0.05) is 67.3 Å². The lowest BCUT2D eigenvalue weighted by Gasteiger charge is -2.35. The summed E-state index contributed by atoms with van der Waals surface area (Å²) in [6.45, 7) is 5.43. The molecule has 2 aromatic carbocycles. The van der Waals surface area contributed by atoms with Crippen LogP contribution in [0.15, 0.2) is 60.8 Å². The molecule has 1 fully saturated rings. The molecule has 1 aliphatic heterocycles. The lowest BCUT2D eigenvalue weighted by Crippen LogP contribution is -2.49. The van der Waals surface area contributed by atoms with E-state index in [4.69, 9.17) is 11.6 Å². The largest absolute Gasteiger partial charge is 0.336 e. The number of halogens is 1. The van der Waals surface area contributed by atoms with Gasteiger partial charge in [-0.2, -0.15) is 0 Å². The van der Waals surface area contributed by atoms with Gasteiger partial charge in [-0.3, -0.25) is 9.69 Å². The Morgan fingerprint density at radius 2 is 1.70 bits per heavy atom. The van der Waals surface area contributed by atoms with Gasteiger partial charge in [0.1, 0.15) is 0 Å². The highest BCUT2D eigenvalue weighted by atomic mass is 35.5. The zero-order valence-corrected chi connectivity index (χ0v) is 19.8. The lowest BCUT2D eigenvalue weighted by atomic mass is 10.1. The predicted octanol–water partition coefficient (Wildman–Crippen LogP) is 3.86. The molecule has 7 nitrogen and oxygen atoms in total. The number of carbonyl (C=O) groups is 1. The maximum Gasteiger partial charge on any atom is 0.253 e. The Bertz CT molecular complexity index is 1060. The molecule has 1 N–H and O–H groups in total. The fourth-order valence-corrected chi connectivity index (χ4v) is 3.85. The summed E-state index contributed by atoms with van der Waals surface area (Å²) < 4.78 is 0. The highest BCUT2D eigenvalue weighted by Gasteiger charge is 2.22. The number of aromatic nitrogens is 2. The number of hydrogen-bond acceptors (Lipinski definition) is 6. The SMILES string of the molecule is CN(C)CCN1CCN(C(=O)c2ccc(Nc3nccc(-c4ccc(Cl)cc4)n3)cc2)CC1. The van der Waals surface area contributed by atoms with E-state index >= 15 is 0 Å². The van der Waals surface area contributed by atoms with Crippen LogP contribution in [0.4, 0.5) is 11.6 Å². The van der Waals surface area contributed by atoms with Crippen LogP contribution in [-0.4, -0.2) is 83.9 Å². The van der Waals surface area contributed by atoms with Crippen molar-refractivity contribution in [1.82, 2.24) is 24.7 Å². The van der Waals surface area contributed by atoms with Crippen LogP contribution in [0.1, 0.15) is 10.4 Å². The molecule has 8 heteroatoms. The molecule has 1 aliphatic rings. The average molecular weight is 465 g/mol. The van der Waals surface area contributed by atoms with Crippen molar-refractivity contribution in [3.63, 3.8) is 0 Å². The van der Waals surface area contributed by atoms with Crippen molar-refractivity contribution in [2.24, 2.45) is 0 Å². The van der Waals surface area contributed by atoms with E-state index in [1.54, 1.807) is 6.20 Å². The maximum absolute atomic E-state index is 12.9. The van der Waals surface area contributed by atoms with Gasteiger partial charge in [-0.05, 0) is 56.6 Å². The van der Waals surface area contributed by atoms with E-state index in [9.17, 15) is 4.79 Å². The number of benzene rings is 2. The van der Waals surface area contributed by atoms with Crippen LogP contribution < -0.4 is 5.32 Å². The first-order valence-corrected chi connectivity index (χ1v) is 11.5. The van der Waals surface area contributed by atoms with Crippen molar-refractivity contribution in [2.45, 2.75) is 0 Å². The Morgan fingerprint density at radius 1 is 1.00 bits per heavy atom. The molecule has 1 aromatic heterocycles. The van der Waals surface area contributed by atoms with Gasteiger partial charge in [-0.15, -0.1) is 0 Å². The zero-order valence-electron chi connectivity index (χ0n) is 19.0. The van der Waals surface area contributed by atoms with Crippen molar-refractivity contribution in [2.75, 3.05) is 58.7 Å². The standard InChI is InChI=1S/C25H29ClN6O/c1-30(2)13-14-31-15-17-32(18-16-31)24(33)20-5-9-22(10-6-20)28-25-27-12-11-23(29-25)19-3-7-21(26)8-4-19/h3-12H,13-18H2,1-2H3,(H,27,28,29). The highest BCUT2D eigenvalue weighted by molar-refractivity contribution is 6.30. The first-order chi connectivity index (χ1) is 16.0. The van der Waals surface area contributed by atoms with E-state index in [1.807, 2.05) is 59.5 Å². The number of piperazine rings is 1. The zero-order chi connectivity index (χ0) is 23.2. The monoisotopic (exact) mass is 464 g/mol. The van der Waals surface area contributed by atoms with Gasteiger partial charge < -0.3 is 15.1 Å². The molecule has 33 heavy (non-hydrogen) atoms. The fraction of sp³-hybridized carbons (Fsp3) is 0.320. The van der Waals surface area contributed by atoms with Crippen LogP contribution in [0.2, 0.25) is 5.02 Å². The average Bonchev–Trinajstić information content (AvgIpc) is 2.84. The van der Waals surface area contributed by atoms with Crippen LogP contribution in [-0.2, 0) is 0 Å². The van der Waals surface area contributed by atoms with Crippen LogP contribution in [0.5, 0.6) is 0 Å². The molecule has 0 atom stereocenters. The summed E-state index contributed by atoms with van der Waals surface area (Å²) in [6, 6.07) is 16.9. The second-order valence-electron chi connectivity index (χ2n) is 8.41. The summed E-state index contributed by atoms with van der Waals surface area (Å²) in [5.74, 6) is 0.574. The van der Waals surface area contributed by atoms with Gasteiger partial charge in [0.15, 0.2) is 0 Å². The van der Waals surface area contributed by atoms with E-state index in [0.717, 1.165) is 56.2 Å². The van der Waals surface area contributed by atoms with Crippen molar-refractivity contribution in [1.29, 1.82) is 0 Å². The number of rotatable bonds is 7. The minimum atomic E-state index is 0.0785. The van der Waals surface area contributed by atoms with Gasteiger partial charge in [-0.1, -0.05) is 23.7 Å². The summed E-state index contributed by atoms with van der Waals surface area (Å²) >= 11 is 5.98. The van der Waals surface area contributed by atoms with Crippen molar-refractivity contribution in [3.05, 3.63) is 71.4 Å². The molecule has 0 spiro atoms. The number of amides is 1. The fourth-order valence-electron chi connectivity index (χ4n) is 3.72. The van der Waals surface area contributed by atoms with Crippen LogP contribution >= 0.6 is 11.6 Å². The van der Waals surface area contributed by atoms with Crippen LogP contribution in [0.3, 0.4) is 0 Å². The third-order valence-electron chi connectivity index (χ3n) is 5.71. The molecule has 4 rings (SSSR count). The maximum atomic E-state index is 12.9. The molecular formula is C25H29ClN6O. The van der Waals surface area contributed by atoms with E-state index in [0.29, 0.717) is 16.5 Å². The Labute approximate surface area is 200 Å². The number of likely N-dealkylation sites (N-methyl/N-ethyl adjacent to an activating group) is 1. The van der Waals surface area contributed by atoms with E-state index < -0.39 is 0 Å². The Hall–Kier alpha value is -3.00. The third kappa shape index (κ3) is 6.28. The molecule has 0 unspecified atom stereocenters. The van der Waals surface area contributed by atoms with E-state index in [2.05, 4.69) is 39.2 Å². The molecule has 172 valence electrons. The summed E-state index contributed by atoms with van der Waals surface area (Å²) in [6.07, 6.45) is 1.72. The number of nitrogens with zero attached hydrogens (tertiary/aromatic N) is 5. The van der Waals surface area contributed by atoms with Crippen molar-refractivity contribution < 1.29 is 4.79 Å². The second-order valence-corrected chi connectivity index (χ2v) is 8.85. The quantitative estimate of drug-likeness (QED) is 0.572. The predicted molar refractivity (Wildman–Crippen MR) is 133 cm³/mol. The first kappa shape index (κ1) is 23.2. The molecule has 0 radical (unpaired) electrons. The number of hydrogen-bond donors (Lipinski definition) is 1. The molecule has 1 saturated heterocycles. The van der Waals surface area contributed by atoms with E-state index in [1.165, 1.54) is 0 Å². The summed E-state index contributed by atoms with van der Waals surface area (Å²) in [5.41, 5.74) is 3.29. The van der Waals surface area contributed by atoms with E-state index in [-0.39, 0.29) is 5.91 Å². The molecular weight excluding hydrogens is 436 g/mol. The smallest absolute Gasteiger partial charge is 0.253 e. The topological polar surface area (TPSA) is 64.6 Å². The summed E-state index contributed by atoms with van der Waals surface area (Å²) in [7, 11) is 4.17. The Balaban J connectivity index is 1.35. The van der Waals surface area contributed by atoms with Gasteiger partial charge in [0.05, 0.1) is 5.69 Å². The van der Waals surface area contributed by atoms with Crippen LogP contribution in [0, 0.1) is 0 Å². The molecule has 0 saturated carbocycles. The number of nitrogens with one attached hydrogen (secondary N) is 1. The van der Waals surface area contributed by atoms with Gasteiger partial charge in [0.2, 0.25) is 5.95 Å². The van der Waals surface area contributed by atoms with Crippen molar-refractivity contribution in [3.8, 4) is 11.3 Å². The Kier molecular flexibility index (Phi) is 7.54.